The Morgan fingerprint density at radius 2 is 1.88 bits per heavy atom. The van der Waals surface area contributed by atoms with E-state index in [1.54, 1.807) is 11.8 Å². The molecule has 0 N–H and O–H groups in total. The number of carbonyl (C=O) groups excluding carboxylic acids is 1. The molecule has 2 rings (SSSR count). The number of cyclic esters (lactones) is 1. The zero-order valence-corrected chi connectivity index (χ0v) is 11.3. The zero-order chi connectivity index (χ0) is 12.5. The molecular weight excluding hydrogens is 232 g/mol. The third-order valence-electron chi connectivity index (χ3n) is 2.89. The summed E-state index contributed by atoms with van der Waals surface area (Å²) < 4.78 is 4.96. The van der Waals surface area contributed by atoms with Crippen LogP contribution in [0.2, 0.25) is 0 Å². The summed E-state index contributed by atoms with van der Waals surface area (Å²) in [6, 6.07) is 8.47. The van der Waals surface area contributed by atoms with Crippen LogP contribution in [0.3, 0.4) is 0 Å². The second-order valence-corrected chi connectivity index (χ2v) is 6.61. The Morgan fingerprint density at radius 1 is 1.24 bits per heavy atom. The molecule has 0 radical (unpaired) electrons. The van der Waals surface area contributed by atoms with Crippen molar-refractivity contribution in [3.63, 3.8) is 0 Å². The van der Waals surface area contributed by atoms with Gasteiger partial charge in [-0.25, -0.2) is 0 Å². The lowest BCUT2D eigenvalue weighted by molar-refractivity contribution is -0.137. The average Bonchev–Trinajstić information content (AvgIpc) is 2.64. The topological polar surface area (TPSA) is 26.3 Å². The highest BCUT2D eigenvalue weighted by atomic mass is 32.2. The molecule has 17 heavy (non-hydrogen) atoms. The number of thioether (sulfide) groups is 1. The van der Waals surface area contributed by atoms with E-state index in [9.17, 15) is 4.79 Å². The lowest BCUT2D eigenvalue weighted by atomic mass is 9.87. The number of carbonyl (C=O) groups is 1. The molecule has 0 spiro atoms. The molecule has 3 heteroatoms. The van der Waals surface area contributed by atoms with Crippen molar-refractivity contribution in [1.82, 2.24) is 0 Å². The van der Waals surface area contributed by atoms with Crippen LogP contribution in [0.15, 0.2) is 29.2 Å². The Hall–Kier alpha value is -0.960. The van der Waals surface area contributed by atoms with E-state index in [-0.39, 0.29) is 16.6 Å². The van der Waals surface area contributed by atoms with Gasteiger partial charge in [-0.1, -0.05) is 32.9 Å². The Labute approximate surface area is 107 Å². The minimum absolute atomic E-state index is 0.0181. The molecule has 1 unspecified atom stereocenters. The smallest absolute Gasteiger partial charge is 0.319 e. The van der Waals surface area contributed by atoms with Crippen LogP contribution < -0.4 is 0 Å². The molecule has 1 heterocycles. The number of esters is 1. The van der Waals surface area contributed by atoms with E-state index in [4.69, 9.17) is 4.74 Å². The first-order valence-corrected chi connectivity index (χ1v) is 6.78. The first kappa shape index (κ1) is 12.5. The Kier molecular flexibility index (Phi) is 3.48. The first-order valence-electron chi connectivity index (χ1n) is 5.91. The Morgan fingerprint density at radius 3 is 2.35 bits per heavy atom. The molecule has 1 atom stereocenters. The molecule has 1 aliphatic rings. The van der Waals surface area contributed by atoms with Crippen LogP contribution in [-0.4, -0.2) is 17.8 Å². The van der Waals surface area contributed by atoms with Crippen molar-refractivity contribution in [1.29, 1.82) is 0 Å². The molecule has 1 aromatic rings. The third kappa shape index (κ3) is 3.03. The van der Waals surface area contributed by atoms with Crippen molar-refractivity contribution in [3.8, 4) is 0 Å². The average molecular weight is 250 g/mol. The van der Waals surface area contributed by atoms with Gasteiger partial charge in [0.25, 0.3) is 0 Å². The van der Waals surface area contributed by atoms with Gasteiger partial charge in [-0.15, -0.1) is 11.8 Å². The molecule has 0 amide bonds. The maximum atomic E-state index is 11.4. The van der Waals surface area contributed by atoms with Crippen molar-refractivity contribution in [2.45, 2.75) is 42.8 Å². The van der Waals surface area contributed by atoms with E-state index in [1.807, 2.05) is 0 Å². The largest absolute Gasteiger partial charge is 0.465 e. The monoisotopic (exact) mass is 250 g/mol. The molecular formula is C14H18O2S. The predicted molar refractivity (Wildman–Crippen MR) is 70.4 cm³/mol. The van der Waals surface area contributed by atoms with Crippen LogP contribution in [-0.2, 0) is 14.9 Å². The summed E-state index contributed by atoms with van der Waals surface area (Å²) in [5.74, 6) is -0.0742. The van der Waals surface area contributed by atoms with Crippen molar-refractivity contribution >= 4 is 17.7 Å². The van der Waals surface area contributed by atoms with Gasteiger partial charge in [-0.2, -0.15) is 0 Å². The van der Waals surface area contributed by atoms with Crippen LogP contribution in [0, 0.1) is 0 Å². The summed E-state index contributed by atoms with van der Waals surface area (Å²) in [6.45, 7) is 7.16. The summed E-state index contributed by atoms with van der Waals surface area (Å²) in [5.41, 5.74) is 1.49. The van der Waals surface area contributed by atoms with Crippen LogP contribution >= 0.6 is 11.8 Å². The number of benzene rings is 1. The zero-order valence-electron chi connectivity index (χ0n) is 10.5. The lowest BCUT2D eigenvalue weighted by Gasteiger charge is -2.19. The summed E-state index contributed by atoms with van der Waals surface area (Å²) in [7, 11) is 0. The Bertz CT molecular complexity index is 403. The van der Waals surface area contributed by atoms with E-state index in [0.29, 0.717) is 6.61 Å². The number of hydrogen-bond donors (Lipinski definition) is 0. The fourth-order valence-corrected chi connectivity index (χ4v) is 2.78. The molecule has 92 valence electrons. The van der Waals surface area contributed by atoms with E-state index in [2.05, 4.69) is 45.0 Å². The van der Waals surface area contributed by atoms with Crippen LogP contribution in [0.4, 0.5) is 0 Å². The van der Waals surface area contributed by atoms with Gasteiger partial charge >= 0.3 is 5.97 Å². The van der Waals surface area contributed by atoms with E-state index >= 15 is 0 Å². The SMILES string of the molecule is CC(C)(C)c1ccc(SC2CCOC2=O)cc1. The summed E-state index contributed by atoms with van der Waals surface area (Å²) in [4.78, 5) is 12.5. The molecule has 1 aliphatic heterocycles. The standard InChI is InChI=1S/C14H18O2S/c1-14(2,3)10-4-6-11(7-5-10)17-12-8-9-16-13(12)15/h4-7,12H,8-9H2,1-3H3. The van der Waals surface area contributed by atoms with Crippen molar-refractivity contribution in [3.05, 3.63) is 29.8 Å². The maximum Gasteiger partial charge on any atom is 0.319 e. The highest BCUT2D eigenvalue weighted by Crippen LogP contribution is 2.31. The van der Waals surface area contributed by atoms with Gasteiger partial charge < -0.3 is 4.74 Å². The van der Waals surface area contributed by atoms with Crippen molar-refractivity contribution in [2.24, 2.45) is 0 Å². The van der Waals surface area contributed by atoms with Gasteiger partial charge in [0.15, 0.2) is 0 Å². The number of ether oxygens (including phenoxy) is 1. The minimum atomic E-state index is -0.0742. The summed E-state index contributed by atoms with van der Waals surface area (Å²) >= 11 is 1.60. The second kappa shape index (κ2) is 4.73. The van der Waals surface area contributed by atoms with E-state index < -0.39 is 0 Å². The van der Waals surface area contributed by atoms with Crippen LogP contribution in [0.5, 0.6) is 0 Å². The molecule has 1 aromatic carbocycles. The van der Waals surface area contributed by atoms with Crippen molar-refractivity contribution in [2.75, 3.05) is 6.61 Å². The highest BCUT2D eigenvalue weighted by Gasteiger charge is 2.27. The van der Waals surface area contributed by atoms with Crippen LogP contribution in [0.1, 0.15) is 32.8 Å². The molecule has 0 bridgehead atoms. The molecule has 2 nitrogen and oxygen atoms in total. The number of hydrogen-bond acceptors (Lipinski definition) is 3. The van der Waals surface area contributed by atoms with Gasteiger partial charge in [-0.05, 0) is 23.1 Å². The normalized spacial score (nSPS) is 20.4. The third-order valence-corrected chi connectivity index (χ3v) is 4.14. The van der Waals surface area contributed by atoms with E-state index in [0.717, 1.165) is 11.3 Å². The predicted octanol–water partition coefficient (Wildman–Crippen LogP) is 3.39. The summed E-state index contributed by atoms with van der Waals surface area (Å²) in [6.07, 6.45) is 0.824. The highest BCUT2D eigenvalue weighted by molar-refractivity contribution is 8.00. The summed E-state index contributed by atoms with van der Waals surface area (Å²) in [5, 5.41) is -0.0181. The minimum Gasteiger partial charge on any atom is -0.465 e. The molecule has 1 fully saturated rings. The second-order valence-electron chi connectivity index (χ2n) is 5.34. The van der Waals surface area contributed by atoms with Gasteiger partial charge in [0.2, 0.25) is 0 Å². The van der Waals surface area contributed by atoms with Crippen LogP contribution in [0.25, 0.3) is 0 Å². The molecule has 0 aromatic heterocycles. The fraction of sp³-hybridized carbons (Fsp3) is 0.500. The van der Waals surface area contributed by atoms with E-state index in [1.165, 1.54) is 5.56 Å². The van der Waals surface area contributed by atoms with Gasteiger partial charge in [0.05, 0.1) is 6.61 Å². The lowest BCUT2D eigenvalue weighted by Crippen LogP contribution is -2.11. The number of rotatable bonds is 2. The first-order chi connectivity index (χ1) is 7.97. The molecule has 0 saturated carbocycles. The fourth-order valence-electron chi connectivity index (χ4n) is 1.78. The maximum absolute atomic E-state index is 11.4. The van der Waals surface area contributed by atoms with Gasteiger partial charge in [-0.3, -0.25) is 4.79 Å². The van der Waals surface area contributed by atoms with Gasteiger partial charge in [0.1, 0.15) is 5.25 Å². The quantitative estimate of drug-likeness (QED) is 0.753. The Balaban J connectivity index is 2.06. The van der Waals surface area contributed by atoms with Crippen molar-refractivity contribution < 1.29 is 9.53 Å². The molecule has 0 aliphatic carbocycles. The van der Waals surface area contributed by atoms with Gasteiger partial charge in [0, 0.05) is 11.3 Å². The molecule has 1 saturated heterocycles.